The molecule has 0 aliphatic rings. The molecule has 0 bridgehead atoms. The Morgan fingerprint density at radius 2 is 1.93 bits per heavy atom. The summed E-state index contributed by atoms with van der Waals surface area (Å²) in [5.41, 5.74) is 0. The number of nitrogens with one attached hydrogen (secondary N) is 1. The van der Waals surface area contributed by atoms with Gasteiger partial charge in [0.2, 0.25) is 0 Å². The van der Waals surface area contributed by atoms with Gasteiger partial charge < -0.3 is 14.8 Å². The van der Waals surface area contributed by atoms with Crippen molar-refractivity contribution in [1.82, 2.24) is 5.32 Å². The van der Waals surface area contributed by atoms with E-state index in [9.17, 15) is 4.79 Å². The van der Waals surface area contributed by atoms with E-state index >= 15 is 0 Å². The SMILES string of the molecule is CCNCCOCCOCC(=O)C(C)C.[HH]. The van der Waals surface area contributed by atoms with E-state index in [2.05, 4.69) is 12.2 Å². The molecule has 0 aromatic carbocycles. The van der Waals surface area contributed by atoms with Crippen molar-refractivity contribution in [3.8, 4) is 0 Å². The molecule has 92 valence electrons. The van der Waals surface area contributed by atoms with Gasteiger partial charge in [0.15, 0.2) is 5.78 Å². The van der Waals surface area contributed by atoms with E-state index in [4.69, 9.17) is 9.47 Å². The maximum absolute atomic E-state index is 11.1. The molecule has 0 aliphatic carbocycles. The fourth-order valence-electron chi connectivity index (χ4n) is 0.880. The highest BCUT2D eigenvalue weighted by Gasteiger charge is 2.06. The van der Waals surface area contributed by atoms with Gasteiger partial charge in [-0.1, -0.05) is 20.8 Å². The number of ketones is 1. The largest absolute Gasteiger partial charge is 0.378 e. The minimum atomic E-state index is 0. The summed E-state index contributed by atoms with van der Waals surface area (Å²) in [6.45, 7) is 9.56. The lowest BCUT2D eigenvalue weighted by atomic mass is 10.1. The van der Waals surface area contributed by atoms with E-state index in [1.54, 1.807) is 0 Å². The van der Waals surface area contributed by atoms with Crippen LogP contribution in [-0.2, 0) is 14.3 Å². The second kappa shape index (κ2) is 10.1. The highest BCUT2D eigenvalue weighted by Crippen LogP contribution is 1.94. The smallest absolute Gasteiger partial charge is 0.160 e. The molecule has 0 amide bonds. The van der Waals surface area contributed by atoms with Gasteiger partial charge in [0.25, 0.3) is 0 Å². The fraction of sp³-hybridized carbons (Fsp3) is 0.909. The highest BCUT2D eigenvalue weighted by molar-refractivity contribution is 5.81. The molecule has 4 heteroatoms. The molecule has 0 fully saturated rings. The van der Waals surface area contributed by atoms with Gasteiger partial charge in [-0.2, -0.15) is 0 Å². The molecule has 0 aromatic heterocycles. The van der Waals surface area contributed by atoms with E-state index < -0.39 is 0 Å². The van der Waals surface area contributed by atoms with Crippen LogP contribution in [0.5, 0.6) is 0 Å². The fourth-order valence-corrected chi connectivity index (χ4v) is 0.880. The van der Waals surface area contributed by atoms with Gasteiger partial charge >= 0.3 is 0 Å². The van der Waals surface area contributed by atoms with Crippen molar-refractivity contribution < 1.29 is 15.7 Å². The van der Waals surface area contributed by atoms with E-state index in [0.29, 0.717) is 19.8 Å². The first kappa shape index (κ1) is 14.6. The number of carbonyl (C=O) groups is 1. The summed E-state index contributed by atoms with van der Waals surface area (Å²) >= 11 is 0. The molecule has 0 saturated heterocycles. The maximum Gasteiger partial charge on any atom is 0.160 e. The topological polar surface area (TPSA) is 47.6 Å². The summed E-state index contributed by atoms with van der Waals surface area (Å²) in [5.74, 6) is 0.197. The Morgan fingerprint density at radius 1 is 1.27 bits per heavy atom. The van der Waals surface area contributed by atoms with E-state index in [1.807, 2.05) is 13.8 Å². The first-order chi connectivity index (χ1) is 7.18. The lowest BCUT2D eigenvalue weighted by Gasteiger charge is -2.06. The Morgan fingerprint density at radius 3 is 2.53 bits per heavy atom. The molecule has 0 radical (unpaired) electrons. The monoisotopic (exact) mass is 219 g/mol. The molecule has 0 aliphatic heterocycles. The van der Waals surface area contributed by atoms with Gasteiger partial charge in [0.05, 0.1) is 19.8 Å². The molecule has 1 N–H and O–H groups in total. The lowest BCUT2D eigenvalue weighted by molar-refractivity contribution is -0.127. The van der Waals surface area contributed by atoms with Crippen LogP contribution in [0.2, 0.25) is 0 Å². The second-order valence-electron chi connectivity index (χ2n) is 3.64. The molecule has 15 heavy (non-hydrogen) atoms. The summed E-state index contributed by atoms with van der Waals surface area (Å²) in [4.78, 5) is 11.1. The highest BCUT2D eigenvalue weighted by atomic mass is 16.5. The van der Waals surface area contributed by atoms with E-state index in [-0.39, 0.29) is 19.7 Å². The summed E-state index contributed by atoms with van der Waals surface area (Å²) in [5, 5.41) is 3.15. The van der Waals surface area contributed by atoms with Crippen molar-refractivity contribution in [2.75, 3.05) is 39.5 Å². The van der Waals surface area contributed by atoms with Gasteiger partial charge in [0, 0.05) is 13.9 Å². The standard InChI is InChI=1S/C11H23NO3.H2/c1-4-12-5-6-14-7-8-15-9-11(13)10(2)3;/h10,12H,4-9H2,1-3H3;1H. The average Bonchev–Trinajstić information content (AvgIpc) is 2.21. The summed E-state index contributed by atoms with van der Waals surface area (Å²) in [6, 6.07) is 0. The predicted octanol–water partition coefficient (Wildman–Crippen LogP) is 1.10. The molecule has 0 spiro atoms. The van der Waals surface area contributed by atoms with Crippen LogP contribution in [0.1, 0.15) is 22.2 Å². The number of hydrogen-bond acceptors (Lipinski definition) is 4. The van der Waals surface area contributed by atoms with Crippen molar-refractivity contribution in [3.63, 3.8) is 0 Å². The summed E-state index contributed by atoms with van der Waals surface area (Å²) < 4.78 is 10.4. The quantitative estimate of drug-likeness (QED) is 0.559. The minimum Gasteiger partial charge on any atom is -0.378 e. The second-order valence-corrected chi connectivity index (χ2v) is 3.64. The number of ether oxygens (including phenoxy) is 2. The number of rotatable bonds is 10. The van der Waals surface area contributed by atoms with Crippen LogP contribution in [0, 0.1) is 5.92 Å². The Balaban J connectivity index is 0. The van der Waals surface area contributed by atoms with Crippen LogP contribution in [0.4, 0.5) is 0 Å². The van der Waals surface area contributed by atoms with Crippen LogP contribution >= 0.6 is 0 Å². The Bertz CT molecular complexity index is 165. The van der Waals surface area contributed by atoms with Crippen molar-refractivity contribution >= 4 is 5.78 Å². The first-order valence-electron chi connectivity index (χ1n) is 5.57. The summed E-state index contributed by atoms with van der Waals surface area (Å²) in [6.07, 6.45) is 0. The molecule has 0 atom stereocenters. The van der Waals surface area contributed by atoms with E-state index in [1.165, 1.54) is 0 Å². The number of Topliss-reactive ketones (excluding diaryl/α,β-unsaturated/α-hetero) is 1. The van der Waals surface area contributed by atoms with Gasteiger partial charge in [-0.05, 0) is 6.54 Å². The zero-order chi connectivity index (χ0) is 11.5. The van der Waals surface area contributed by atoms with Crippen molar-refractivity contribution in [2.45, 2.75) is 20.8 Å². The minimum absolute atomic E-state index is 0. The Labute approximate surface area is 93.8 Å². The average molecular weight is 219 g/mol. The molecule has 0 heterocycles. The predicted molar refractivity (Wildman–Crippen MR) is 62.1 cm³/mol. The van der Waals surface area contributed by atoms with Crippen molar-refractivity contribution in [1.29, 1.82) is 0 Å². The maximum atomic E-state index is 11.1. The third-order valence-electron chi connectivity index (χ3n) is 1.93. The lowest BCUT2D eigenvalue weighted by Crippen LogP contribution is -2.21. The van der Waals surface area contributed by atoms with Gasteiger partial charge in [-0.15, -0.1) is 0 Å². The Hall–Kier alpha value is -0.450. The number of carbonyl (C=O) groups excluding carboxylic acids is 1. The zero-order valence-corrected chi connectivity index (χ0v) is 10.0. The first-order valence-corrected chi connectivity index (χ1v) is 5.57. The molecule has 0 aromatic rings. The molecule has 4 nitrogen and oxygen atoms in total. The van der Waals surface area contributed by atoms with Gasteiger partial charge in [0.1, 0.15) is 6.61 Å². The summed E-state index contributed by atoms with van der Waals surface area (Å²) in [7, 11) is 0. The van der Waals surface area contributed by atoms with Gasteiger partial charge in [-0.25, -0.2) is 0 Å². The van der Waals surface area contributed by atoms with Crippen molar-refractivity contribution in [3.05, 3.63) is 0 Å². The van der Waals surface area contributed by atoms with Crippen LogP contribution in [0.25, 0.3) is 0 Å². The Kier molecular flexibility index (Phi) is 9.78. The third kappa shape index (κ3) is 9.85. The molecule has 0 rings (SSSR count). The molecule has 0 saturated carbocycles. The van der Waals surface area contributed by atoms with Gasteiger partial charge in [-0.3, -0.25) is 4.79 Å². The van der Waals surface area contributed by atoms with Crippen LogP contribution < -0.4 is 5.32 Å². The normalized spacial score (nSPS) is 10.9. The van der Waals surface area contributed by atoms with Crippen LogP contribution in [0.15, 0.2) is 0 Å². The van der Waals surface area contributed by atoms with Crippen LogP contribution in [0.3, 0.4) is 0 Å². The van der Waals surface area contributed by atoms with Crippen molar-refractivity contribution in [2.24, 2.45) is 5.92 Å². The molecule has 0 unspecified atom stereocenters. The molecular formula is C11H25NO3. The number of likely N-dealkylation sites (N-methyl/N-ethyl adjacent to an activating group) is 1. The zero-order valence-electron chi connectivity index (χ0n) is 10.0. The van der Waals surface area contributed by atoms with E-state index in [0.717, 1.165) is 13.1 Å². The van der Waals surface area contributed by atoms with Crippen LogP contribution in [-0.4, -0.2) is 45.3 Å². The molecular weight excluding hydrogens is 194 g/mol. The number of hydrogen-bond donors (Lipinski definition) is 1. The third-order valence-corrected chi connectivity index (χ3v) is 1.93.